The average Bonchev–Trinajstić information content (AvgIpc) is 0.775. The molecule has 0 saturated carbocycles. The van der Waals surface area contributed by atoms with Crippen molar-refractivity contribution in [3.05, 3.63) is 379 Å². The predicted molar refractivity (Wildman–Crippen MR) is 607 cm³/mol. The highest BCUT2D eigenvalue weighted by Crippen LogP contribution is 2.48. The van der Waals surface area contributed by atoms with E-state index in [-0.39, 0.29) is 83.3 Å². The summed E-state index contributed by atoms with van der Waals surface area (Å²) < 4.78 is 55.1. The molecule has 0 amide bonds. The van der Waals surface area contributed by atoms with Crippen LogP contribution >= 0.6 is 0 Å². The number of nitrogens with one attached hydrogen (secondary N) is 1. The molecule has 3 heterocycles. The minimum atomic E-state index is -3.43. The fourth-order valence-corrected chi connectivity index (χ4v) is 22.9. The van der Waals surface area contributed by atoms with Gasteiger partial charge in [-0.25, -0.2) is 22.8 Å². The lowest BCUT2D eigenvalue weighted by Gasteiger charge is -2.38. The van der Waals surface area contributed by atoms with Crippen LogP contribution in [0, 0.1) is 26.7 Å². The molecule has 0 spiro atoms. The Labute approximate surface area is 895 Å². The minimum Gasteiger partial charge on any atom is -0.512 e. The molecule has 0 saturated heterocycles. The van der Waals surface area contributed by atoms with Crippen LogP contribution in [-0.4, -0.2) is 118 Å². The first-order chi connectivity index (χ1) is 71.9. The monoisotopic (exact) mass is 2060 g/mol. The van der Waals surface area contributed by atoms with Crippen molar-refractivity contribution in [3.8, 4) is 0 Å². The number of carbonyl (C=O) groups is 5. The molecule has 808 valence electrons. The summed E-state index contributed by atoms with van der Waals surface area (Å²) in [5.74, 6) is -1.70. The number of methoxy groups -OCH3 is 2. The summed E-state index contributed by atoms with van der Waals surface area (Å²) in [6.45, 7) is 26.7. The van der Waals surface area contributed by atoms with Crippen molar-refractivity contribution >= 4 is 50.9 Å². The smallest absolute Gasteiger partial charge is 0.338 e. The van der Waals surface area contributed by atoms with Crippen LogP contribution in [-0.2, 0) is 89.8 Å². The van der Waals surface area contributed by atoms with E-state index in [0.717, 1.165) is 142 Å². The van der Waals surface area contributed by atoms with Crippen molar-refractivity contribution in [3.63, 3.8) is 0 Å². The van der Waals surface area contributed by atoms with Crippen molar-refractivity contribution in [1.29, 1.82) is 0 Å². The lowest BCUT2D eigenvalue weighted by Crippen LogP contribution is -2.41. The third-order valence-corrected chi connectivity index (χ3v) is 30.3. The van der Waals surface area contributed by atoms with Crippen molar-refractivity contribution in [2.24, 2.45) is 5.92 Å². The highest BCUT2D eigenvalue weighted by molar-refractivity contribution is 7.92. The number of esters is 3. The van der Waals surface area contributed by atoms with E-state index < -0.39 is 68.1 Å². The van der Waals surface area contributed by atoms with E-state index >= 15 is 0 Å². The summed E-state index contributed by atoms with van der Waals surface area (Å²) in [5.41, 5.74) is 18.7. The lowest BCUT2D eigenvalue weighted by atomic mass is 9.76. The molecule has 6 unspecified atom stereocenters. The Hall–Kier alpha value is -12.0. The zero-order chi connectivity index (χ0) is 109. The van der Waals surface area contributed by atoms with Crippen molar-refractivity contribution in [2.75, 3.05) is 30.9 Å². The Morgan fingerprint density at radius 2 is 0.713 bits per heavy atom. The number of aryl methyl sites for hydroxylation is 8. The normalized spacial score (nSPS) is 18.1. The second-order valence-electron chi connectivity index (χ2n) is 41.8. The van der Waals surface area contributed by atoms with E-state index in [1.165, 1.54) is 38.9 Å². The van der Waals surface area contributed by atoms with Gasteiger partial charge in [0, 0.05) is 81.9 Å². The van der Waals surface area contributed by atoms with E-state index in [0.29, 0.717) is 99.6 Å². The van der Waals surface area contributed by atoms with Gasteiger partial charge in [-0.1, -0.05) is 367 Å². The Kier molecular flexibility index (Phi) is 48.8. The second kappa shape index (κ2) is 60.3. The minimum absolute atomic E-state index is 0.00364. The summed E-state index contributed by atoms with van der Waals surface area (Å²) in [6.07, 6.45) is 21.0. The predicted octanol–water partition coefficient (Wildman–Crippen LogP) is 29.4. The molecular formula is C130H170N2O17S. The summed E-state index contributed by atoms with van der Waals surface area (Å²) in [7, 11) is -0.278. The number of nitrogen functional groups attached to an aromatic ring is 1. The molecule has 20 heteroatoms. The highest BCUT2D eigenvalue weighted by atomic mass is 32.2. The number of ketones is 2. The molecular weight excluding hydrogens is 1890 g/mol. The van der Waals surface area contributed by atoms with Gasteiger partial charge in [-0.05, 0) is 241 Å². The number of cyclic esters (lactones) is 3. The number of aliphatic hydroxyl groups is 5. The van der Waals surface area contributed by atoms with Crippen molar-refractivity contribution < 1.29 is 81.6 Å². The van der Waals surface area contributed by atoms with E-state index in [4.69, 9.17) is 29.4 Å². The van der Waals surface area contributed by atoms with E-state index in [1.807, 2.05) is 187 Å². The van der Waals surface area contributed by atoms with Crippen molar-refractivity contribution in [1.82, 2.24) is 0 Å². The van der Waals surface area contributed by atoms with Gasteiger partial charge in [-0.3, -0.25) is 14.3 Å². The average molecular weight is 2060 g/mol. The van der Waals surface area contributed by atoms with Gasteiger partial charge in [-0.15, -0.1) is 0 Å². The van der Waals surface area contributed by atoms with Gasteiger partial charge < -0.3 is 55.0 Å². The first-order valence-corrected chi connectivity index (χ1v) is 56.7. The number of nitrogens with two attached hydrogens (primary N) is 1. The van der Waals surface area contributed by atoms with Crippen molar-refractivity contribution in [2.45, 2.75) is 353 Å². The number of sulfonamides is 1. The summed E-state index contributed by atoms with van der Waals surface area (Å²) in [5, 5.41) is 55.7. The maximum atomic E-state index is 13.7. The zero-order valence-electron chi connectivity index (χ0n) is 92.1. The molecule has 3 aliphatic heterocycles. The molecule has 0 bridgehead atoms. The first-order valence-electron chi connectivity index (χ1n) is 54.8. The Morgan fingerprint density at radius 3 is 1.04 bits per heavy atom. The van der Waals surface area contributed by atoms with Crippen LogP contribution in [0.1, 0.15) is 338 Å². The van der Waals surface area contributed by atoms with Crippen LogP contribution in [0.4, 0.5) is 11.4 Å². The van der Waals surface area contributed by atoms with Crippen LogP contribution < -0.4 is 10.5 Å². The number of aliphatic hydroxyl groups excluding tert-OH is 3. The third-order valence-electron chi connectivity index (χ3n) is 29.7. The lowest BCUT2D eigenvalue weighted by molar-refractivity contribution is -0.164. The largest absolute Gasteiger partial charge is 0.512 e. The second-order valence-corrected chi connectivity index (χ2v) is 43.5. The van der Waals surface area contributed by atoms with Crippen LogP contribution in [0.3, 0.4) is 0 Å². The van der Waals surface area contributed by atoms with Gasteiger partial charge in [0.15, 0.2) is 6.29 Å². The Balaban J connectivity index is 0.000000208. The number of carbonyl (C=O) groups excluding carboxylic acids is 5. The van der Waals surface area contributed by atoms with Crippen LogP contribution in [0.25, 0.3) is 0 Å². The molecule has 150 heavy (non-hydrogen) atoms. The summed E-state index contributed by atoms with van der Waals surface area (Å²) >= 11 is 0. The number of ether oxygens (including phenoxy) is 5. The molecule has 0 aromatic heterocycles. The third kappa shape index (κ3) is 36.9. The first kappa shape index (κ1) is 121. The van der Waals surface area contributed by atoms with Gasteiger partial charge in [0.1, 0.15) is 45.6 Å². The molecule has 0 fully saturated rings. The van der Waals surface area contributed by atoms with Gasteiger partial charge in [0.2, 0.25) is 10.0 Å². The standard InChI is InChI=1S/C28H40O4.C26H33NO5S.C26H32O3.C25H31NO3.C25H34O2/c1-6-17-28(30,18-16-22-13-9-8-10-14-22)20-25(29)26(27(31-4)32-5)24(7-2)23-15-11-12-21(3)19-23;1-4-15-26(16-14-19-10-7-6-8-11-19)18-23(28)24(25(29)32-26)22(5-2)20-12-9-13-21(17-20)27-33(3,30)31;1-4-15-26(16-14-20-11-7-6-8-12-20)18-23(27)24(25(28)29-26)22(5-2)21-13-9-10-19(3)17-21;1-3-14-25(15-13-18-9-6-5-7-10-18)17-22(27)23(24(28)29-25)21(4-2)19-11-8-12-20(26)16-19;1-4-15-25(27,16-14-21-11-7-6-8-12-21)19-24(26)18-22(5-2)23-13-9-10-20(3)17-23/h8-15,19,24,26-27,30H,6-7,16-18,20H2,1-5H3;6-13,17,22,27-28H,4-5,14-16,18H2,1-3H3;6-13,17,22,27H,4-5,14-16,18H2,1-3H3;5-12,16,21,27H,3-4,13-15,17,26H2,1-2H3;6-13,17,22,27H,4-5,14-16,18-19H2,1-3H3/t24?,26?,28-;2*22?,26-;21?,25-;22?,25-/m00000/s1. The van der Waals surface area contributed by atoms with Gasteiger partial charge in [0.25, 0.3) is 0 Å². The number of Topliss-reactive ketones (excluding diaryl/α,β-unsaturated/α-hetero) is 2. The van der Waals surface area contributed by atoms with E-state index in [1.54, 1.807) is 32.4 Å². The maximum absolute atomic E-state index is 13.7. The summed E-state index contributed by atoms with van der Waals surface area (Å²) in [4.78, 5) is 66.0. The van der Waals surface area contributed by atoms with Gasteiger partial charge >= 0.3 is 17.9 Å². The fraction of sp³-hybridized carbons (Fsp3) is 0.454. The number of anilines is 2. The maximum Gasteiger partial charge on any atom is 0.338 e. The number of hydrogen-bond acceptors (Lipinski definition) is 18. The molecule has 8 N–H and O–H groups in total. The fourth-order valence-electron chi connectivity index (χ4n) is 22.3. The number of hydrogen-bond donors (Lipinski definition) is 7. The van der Waals surface area contributed by atoms with Crippen LogP contribution in [0.2, 0.25) is 0 Å². The Bertz CT molecular complexity index is 5940. The van der Waals surface area contributed by atoms with E-state index in [2.05, 4.69) is 162 Å². The molecule has 10 aromatic rings. The molecule has 11 atom stereocenters. The molecule has 10 aromatic carbocycles. The number of benzene rings is 10. The molecule has 0 aliphatic carbocycles. The van der Waals surface area contributed by atoms with Crippen LogP contribution in [0.5, 0.6) is 0 Å². The zero-order valence-corrected chi connectivity index (χ0v) is 92.9. The van der Waals surface area contributed by atoms with E-state index in [9.17, 15) is 57.9 Å². The molecule has 19 nitrogen and oxygen atoms in total. The summed E-state index contributed by atoms with van der Waals surface area (Å²) in [6, 6.07) is 90.1. The van der Waals surface area contributed by atoms with Gasteiger partial charge in [0.05, 0.1) is 40.1 Å². The SMILES string of the molecule is CCC[C@](O)(CCc1ccccc1)CC(=O)C(C(OC)OC)C(CC)c1cccc(C)c1.CCC[C@](O)(CCc1ccccc1)CC(=O)CC(CC)c1cccc(C)c1.CCC[C@]1(CCc2ccccc2)CC(O)=C(C(CC)c2cccc(C)c2)C(=O)O1.CCC[C@]1(CCc2ccccc2)CC(O)=C(C(CC)c2cccc(N)c2)C(=O)O1.CCC[C@]1(CCc2ccccc2)CC(O)=C(C(CC)c2cccc(NS(C)(=O)=O)c2)C(=O)O1. The quantitative estimate of drug-likeness (QED) is 0.00806. The molecule has 13 rings (SSSR count). The van der Waals surface area contributed by atoms with Gasteiger partial charge in [-0.2, -0.15) is 0 Å². The molecule has 3 aliphatic rings. The topological polar surface area (TPSA) is 305 Å². The Morgan fingerprint density at radius 1 is 0.387 bits per heavy atom. The number of rotatable bonds is 51. The van der Waals surface area contributed by atoms with Crippen LogP contribution in [0.15, 0.2) is 307 Å². The molecule has 0 radical (unpaired) electrons. The highest BCUT2D eigenvalue weighted by Gasteiger charge is 2.48.